The Morgan fingerprint density at radius 3 is 2.38 bits per heavy atom. The third-order valence-corrected chi connectivity index (χ3v) is 4.38. The quantitative estimate of drug-likeness (QED) is 0.932. The number of hydrogen-bond donors (Lipinski definition) is 1. The van der Waals surface area contributed by atoms with E-state index in [1.165, 1.54) is 23.4 Å². The first-order valence-electron chi connectivity index (χ1n) is 8.31. The van der Waals surface area contributed by atoms with Crippen molar-refractivity contribution in [3.05, 3.63) is 59.9 Å². The molecule has 1 N–H and O–H groups in total. The van der Waals surface area contributed by atoms with Gasteiger partial charge in [0.2, 0.25) is 0 Å². The lowest BCUT2D eigenvalue weighted by atomic mass is 10.1. The summed E-state index contributed by atoms with van der Waals surface area (Å²) >= 11 is 0. The number of urea groups is 1. The number of halogens is 1. The minimum absolute atomic E-state index is 0.134. The lowest BCUT2D eigenvalue weighted by molar-refractivity contribution is 0.208. The standard InChI is InChI=1S/C19H22FN3O/c1-2-15-5-3-4-6-18(15)22-11-13-23(14-12-22)19(24)21-17-9-7-16(20)8-10-17/h3-10H,2,11-14H2,1H3,(H,21,24). The number of hydrogen-bond acceptors (Lipinski definition) is 2. The van der Waals surface area contributed by atoms with E-state index in [2.05, 4.69) is 41.4 Å². The highest BCUT2D eigenvalue weighted by molar-refractivity contribution is 5.89. The monoisotopic (exact) mass is 327 g/mol. The van der Waals surface area contributed by atoms with E-state index in [0.29, 0.717) is 18.8 Å². The number of nitrogens with zero attached hydrogens (tertiary/aromatic N) is 2. The third kappa shape index (κ3) is 3.67. The molecule has 0 atom stereocenters. The van der Waals surface area contributed by atoms with Gasteiger partial charge in [-0.3, -0.25) is 0 Å². The number of aryl methyl sites for hydroxylation is 1. The van der Waals surface area contributed by atoms with Crippen molar-refractivity contribution in [2.75, 3.05) is 36.4 Å². The molecule has 1 fully saturated rings. The molecule has 0 saturated carbocycles. The van der Waals surface area contributed by atoms with Crippen LogP contribution < -0.4 is 10.2 Å². The predicted molar refractivity (Wildman–Crippen MR) is 95.0 cm³/mol. The number of benzene rings is 2. The number of para-hydroxylation sites is 1. The Hall–Kier alpha value is -2.56. The molecule has 0 bridgehead atoms. The van der Waals surface area contributed by atoms with Gasteiger partial charge in [0.1, 0.15) is 5.82 Å². The van der Waals surface area contributed by atoms with Crippen LogP contribution in [0.2, 0.25) is 0 Å². The zero-order valence-electron chi connectivity index (χ0n) is 13.8. The molecular weight excluding hydrogens is 305 g/mol. The first kappa shape index (κ1) is 16.3. The number of carbonyl (C=O) groups excluding carboxylic acids is 1. The van der Waals surface area contributed by atoms with E-state index in [1.54, 1.807) is 17.0 Å². The fourth-order valence-electron chi connectivity index (χ4n) is 3.00. The van der Waals surface area contributed by atoms with E-state index in [-0.39, 0.29) is 11.8 Å². The van der Waals surface area contributed by atoms with E-state index in [0.717, 1.165) is 19.5 Å². The second-order valence-corrected chi connectivity index (χ2v) is 5.89. The van der Waals surface area contributed by atoms with Gasteiger partial charge in [0, 0.05) is 37.6 Å². The first-order valence-corrected chi connectivity index (χ1v) is 8.31. The van der Waals surface area contributed by atoms with Crippen molar-refractivity contribution in [2.45, 2.75) is 13.3 Å². The summed E-state index contributed by atoms with van der Waals surface area (Å²) in [7, 11) is 0. The summed E-state index contributed by atoms with van der Waals surface area (Å²) in [5.41, 5.74) is 3.21. The molecule has 2 aromatic carbocycles. The van der Waals surface area contributed by atoms with Crippen LogP contribution in [0.1, 0.15) is 12.5 Å². The second kappa shape index (κ2) is 7.34. The van der Waals surface area contributed by atoms with Crippen molar-refractivity contribution in [2.24, 2.45) is 0 Å². The van der Waals surface area contributed by atoms with Crippen LogP contribution in [0.3, 0.4) is 0 Å². The van der Waals surface area contributed by atoms with Gasteiger partial charge in [0.25, 0.3) is 0 Å². The van der Waals surface area contributed by atoms with Crippen molar-refractivity contribution >= 4 is 17.4 Å². The first-order chi connectivity index (χ1) is 11.7. The molecule has 1 saturated heterocycles. The van der Waals surface area contributed by atoms with Gasteiger partial charge < -0.3 is 15.1 Å². The molecule has 5 heteroatoms. The average Bonchev–Trinajstić information content (AvgIpc) is 2.63. The van der Waals surface area contributed by atoms with Crippen LogP contribution in [0.4, 0.5) is 20.6 Å². The molecule has 1 heterocycles. The van der Waals surface area contributed by atoms with E-state index >= 15 is 0 Å². The van der Waals surface area contributed by atoms with Crippen molar-refractivity contribution in [3.8, 4) is 0 Å². The summed E-state index contributed by atoms with van der Waals surface area (Å²) in [6, 6.07) is 14.1. The Kier molecular flexibility index (Phi) is 4.99. The van der Waals surface area contributed by atoms with E-state index in [1.807, 2.05) is 0 Å². The zero-order valence-corrected chi connectivity index (χ0v) is 13.8. The Morgan fingerprint density at radius 1 is 1.04 bits per heavy atom. The van der Waals surface area contributed by atoms with Gasteiger partial charge in [-0.1, -0.05) is 25.1 Å². The Balaban J connectivity index is 1.58. The Labute approximate surface area is 141 Å². The molecule has 1 aliphatic rings. The van der Waals surface area contributed by atoms with Crippen molar-refractivity contribution in [1.82, 2.24) is 4.90 Å². The smallest absolute Gasteiger partial charge is 0.321 e. The molecule has 4 nitrogen and oxygen atoms in total. The molecule has 2 amide bonds. The molecule has 126 valence electrons. The summed E-state index contributed by atoms with van der Waals surface area (Å²) in [5, 5.41) is 2.82. The SMILES string of the molecule is CCc1ccccc1N1CCN(C(=O)Nc2ccc(F)cc2)CC1. The van der Waals surface area contributed by atoms with Crippen LogP contribution in [0.25, 0.3) is 0 Å². The van der Waals surface area contributed by atoms with E-state index < -0.39 is 0 Å². The molecule has 24 heavy (non-hydrogen) atoms. The number of nitrogens with one attached hydrogen (secondary N) is 1. The van der Waals surface area contributed by atoms with Crippen LogP contribution in [-0.2, 0) is 6.42 Å². The Morgan fingerprint density at radius 2 is 1.71 bits per heavy atom. The van der Waals surface area contributed by atoms with Crippen LogP contribution in [-0.4, -0.2) is 37.1 Å². The number of carbonyl (C=O) groups is 1. The minimum Gasteiger partial charge on any atom is -0.368 e. The normalized spacial score (nSPS) is 14.6. The summed E-state index contributed by atoms with van der Waals surface area (Å²) in [6.07, 6.45) is 1.00. The highest BCUT2D eigenvalue weighted by Crippen LogP contribution is 2.22. The van der Waals surface area contributed by atoms with Crippen LogP contribution >= 0.6 is 0 Å². The largest absolute Gasteiger partial charge is 0.368 e. The number of amides is 2. The number of piperazine rings is 1. The van der Waals surface area contributed by atoms with E-state index in [4.69, 9.17) is 0 Å². The molecule has 0 aliphatic carbocycles. The minimum atomic E-state index is -0.309. The predicted octanol–water partition coefficient (Wildman–Crippen LogP) is 3.74. The highest BCUT2D eigenvalue weighted by Gasteiger charge is 2.22. The molecule has 0 spiro atoms. The van der Waals surface area contributed by atoms with E-state index in [9.17, 15) is 9.18 Å². The van der Waals surface area contributed by atoms with Gasteiger partial charge >= 0.3 is 6.03 Å². The van der Waals surface area contributed by atoms with Gasteiger partial charge in [0.05, 0.1) is 0 Å². The summed E-state index contributed by atoms with van der Waals surface area (Å²) in [6.45, 7) is 5.13. The Bertz CT molecular complexity index is 694. The van der Waals surface area contributed by atoms with Gasteiger partial charge in [-0.25, -0.2) is 9.18 Å². The average molecular weight is 327 g/mol. The van der Waals surface area contributed by atoms with Gasteiger partial charge in [-0.2, -0.15) is 0 Å². The molecule has 2 aromatic rings. The molecule has 1 aliphatic heterocycles. The fraction of sp³-hybridized carbons (Fsp3) is 0.316. The molecule has 0 aromatic heterocycles. The van der Waals surface area contributed by atoms with Crippen LogP contribution in [0.15, 0.2) is 48.5 Å². The highest BCUT2D eigenvalue weighted by atomic mass is 19.1. The van der Waals surface area contributed by atoms with Crippen molar-refractivity contribution in [1.29, 1.82) is 0 Å². The van der Waals surface area contributed by atoms with Crippen LogP contribution in [0.5, 0.6) is 0 Å². The lowest BCUT2D eigenvalue weighted by Crippen LogP contribution is -2.50. The van der Waals surface area contributed by atoms with Gasteiger partial charge in [0.15, 0.2) is 0 Å². The molecule has 0 radical (unpaired) electrons. The molecule has 3 rings (SSSR count). The number of rotatable bonds is 3. The van der Waals surface area contributed by atoms with Gasteiger partial charge in [-0.15, -0.1) is 0 Å². The summed E-state index contributed by atoms with van der Waals surface area (Å²) in [4.78, 5) is 16.5. The third-order valence-electron chi connectivity index (χ3n) is 4.38. The topological polar surface area (TPSA) is 35.6 Å². The fourth-order valence-corrected chi connectivity index (χ4v) is 3.00. The molecular formula is C19H22FN3O. The summed E-state index contributed by atoms with van der Waals surface area (Å²) < 4.78 is 12.9. The summed E-state index contributed by atoms with van der Waals surface area (Å²) in [5.74, 6) is -0.309. The molecule has 0 unspecified atom stereocenters. The van der Waals surface area contributed by atoms with Crippen LogP contribution in [0, 0.1) is 5.82 Å². The second-order valence-electron chi connectivity index (χ2n) is 5.89. The maximum absolute atomic E-state index is 12.9. The maximum atomic E-state index is 12.9. The van der Waals surface area contributed by atoms with Crippen molar-refractivity contribution < 1.29 is 9.18 Å². The lowest BCUT2D eigenvalue weighted by Gasteiger charge is -2.37. The zero-order chi connectivity index (χ0) is 16.9. The maximum Gasteiger partial charge on any atom is 0.321 e. The van der Waals surface area contributed by atoms with Gasteiger partial charge in [-0.05, 0) is 42.3 Å². The number of anilines is 2. The van der Waals surface area contributed by atoms with Crippen molar-refractivity contribution in [3.63, 3.8) is 0 Å².